The SMILES string of the molecule is CC(C)C(=O)[C@@H]1CC2CCCC1(O)C2. The maximum Gasteiger partial charge on any atom is 0.141 e. The lowest BCUT2D eigenvalue weighted by atomic mass is 9.79. The van der Waals surface area contributed by atoms with Crippen molar-refractivity contribution < 1.29 is 9.90 Å². The predicted octanol–water partition coefficient (Wildman–Crippen LogP) is 2.15. The lowest BCUT2D eigenvalue weighted by Crippen LogP contribution is -2.40. The highest BCUT2D eigenvalue weighted by atomic mass is 16.3. The lowest BCUT2D eigenvalue weighted by Gasteiger charge is -2.32. The molecule has 2 rings (SSSR count). The maximum absolute atomic E-state index is 11.9. The molecule has 0 aromatic rings. The molecule has 0 spiro atoms. The number of hydrogen-bond donors (Lipinski definition) is 1. The van der Waals surface area contributed by atoms with Crippen LogP contribution in [0.15, 0.2) is 0 Å². The number of carbonyl (C=O) groups excluding carboxylic acids is 1. The Hall–Kier alpha value is -0.370. The van der Waals surface area contributed by atoms with Gasteiger partial charge in [-0.2, -0.15) is 0 Å². The Bertz CT molecular complexity index is 247. The molecule has 0 radical (unpaired) electrons. The van der Waals surface area contributed by atoms with E-state index in [1.54, 1.807) is 0 Å². The molecule has 0 heterocycles. The van der Waals surface area contributed by atoms with Gasteiger partial charge in [-0.05, 0) is 25.2 Å². The third kappa shape index (κ3) is 1.50. The van der Waals surface area contributed by atoms with Crippen molar-refractivity contribution in [3.05, 3.63) is 0 Å². The molecule has 0 aliphatic heterocycles. The van der Waals surface area contributed by atoms with Gasteiger partial charge in [-0.1, -0.05) is 26.7 Å². The standard InChI is InChI=1S/C12H20O2/c1-8(2)11(13)10-6-9-4-3-5-12(10,14)7-9/h8-10,14H,3-7H2,1-2H3/t9?,10-,12?/m0/s1. The van der Waals surface area contributed by atoms with Crippen LogP contribution in [0.3, 0.4) is 0 Å². The van der Waals surface area contributed by atoms with Crippen LogP contribution in [0.5, 0.6) is 0 Å². The van der Waals surface area contributed by atoms with E-state index in [0.29, 0.717) is 5.92 Å². The van der Waals surface area contributed by atoms with Crippen molar-refractivity contribution in [1.82, 2.24) is 0 Å². The first-order chi connectivity index (χ1) is 6.53. The predicted molar refractivity (Wildman–Crippen MR) is 54.9 cm³/mol. The summed E-state index contributed by atoms with van der Waals surface area (Å²) in [6.45, 7) is 3.88. The number of ketones is 1. The summed E-state index contributed by atoms with van der Waals surface area (Å²) < 4.78 is 0. The molecule has 2 heteroatoms. The van der Waals surface area contributed by atoms with Gasteiger partial charge < -0.3 is 5.11 Å². The van der Waals surface area contributed by atoms with Crippen LogP contribution in [-0.4, -0.2) is 16.5 Å². The van der Waals surface area contributed by atoms with Crippen LogP contribution in [-0.2, 0) is 4.79 Å². The van der Waals surface area contributed by atoms with Crippen molar-refractivity contribution in [2.75, 3.05) is 0 Å². The van der Waals surface area contributed by atoms with E-state index in [9.17, 15) is 9.90 Å². The number of hydrogen-bond acceptors (Lipinski definition) is 2. The molecule has 3 atom stereocenters. The fraction of sp³-hybridized carbons (Fsp3) is 0.917. The van der Waals surface area contributed by atoms with Crippen molar-refractivity contribution >= 4 is 5.78 Å². The molecule has 2 aliphatic carbocycles. The van der Waals surface area contributed by atoms with Crippen molar-refractivity contribution in [2.45, 2.75) is 51.6 Å². The zero-order valence-electron chi connectivity index (χ0n) is 9.12. The van der Waals surface area contributed by atoms with E-state index in [1.165, 1.54) is 6.42 Å². The van der Waals surface area contributed by atoms with Gasteiger partial charge >= 0.3 is 0 Å². The molecule has 0 aromatic heterocycles. The summed E-state index contributed by atoms with van der Waals surface area (Å²) in [5.41, 5.74) is -0.635. The van der Waals surface area contributed by atoms with Gasteiger partial charge in [0.15, 0.2) is 0 Å². The van der Waals surface area contributed by atoms with E-state index in [1.807, 2.05) is 13.8 Å². The second-order valence-electron chi connectivity index (χ2n) is 5.41. The van der Waals surface area contributed by atoms with Crippen molar-refractivity contribution in [3.8, 4) is 0 Å². The van der Waals surface area contributed by atoms with E-state index in [-0.39, 0.29) is 17.6 Å². The monoisotopic (exact) mass is 196 g/mol. The summed E-state index contributed by atoms with van der Waals surface area (Å²) in [6, 6.07) is 0. The number of Topliss-reactive ketones (excluding diaryl/α,β-unsaturated/α-hetero) is 1. The second kappa shape index (κ2) is 3.34. The Balaban J connectivity index is 2.17. The van der Waals surface area contributed by atoms with E-state index in [2.05, 4.69) is 0 Å². The molecule has 2 nitrogen and oxygen atoms in total. The zero-order valence-corrected chi connectivity index (χ0v) is 9.12. The van der Waals surface area contributed by atoms with Crippen LogP contribution in [0.25, 0.3) is 0 Å². The number of rotatable bonds is 2. The Kier molecular flexibility index (Phi) is 2.42. The quantitative estimate of drug-likeness (QED) is 0.734. The van der Waals surface area contributed by atoms with Gasteiger partial charge in [-0.15, -0.1) is 0 Å². The summed E-state index contributed by atoms with van der Waals surface area (Å²) in [4.78, 5) is 11.9. The molecule has 1 N–H and O–H groups in total. The average molecular weight is 196 g/mol. The molecular weight excluding hydrogens is 176 g/mol. The summed E-state index contributed by atoms with van der Waals surface area (Å²) >= 11 is 0. The van der Waals surface area contributed by atoms with E-state index < -0.39 is 5.60 Å². The average Bonchev–Trinajstić information content (AvgIpc) is 2.34. The Labute approximate surface area is 85.7 Å². The third-order valence-electron chi connectivity index (χ3n) is 3.99. The van der Waals surface area contributed by atoms with Crippen LogP contribution in [0.1, 0.15) is 46.0 Å². The van der Waals surface area contributed by atoms with Gasteiger partial charge in [0, 0.05) is 11.8 Å². The normalized spacial score (nSPS) is 41.7. The van der Waals surface area contributed by atoms with E-state index in [4.69, 9.17) is 0 Å². The van der Waals surface area contributed by atoms with Gasteiger partial charge in [-0.3, -0.25) is 4.79 Å². The highest BCUT2D eigenvalue weighted by molar-refractivity contribution is 5.84. The second-order valence-corrected chi connectivity index (χ2v) is 5.41. The van der Waals surface area contributed by atoms with Crippen LogP contribution >= 0.6 is 0 Å². The maximum atomic E-state index is 11.9. The summed E-state index contributed by atoms with van der Waals surface area (Å²) in [5, 5.41) is 10.4. The minimum atomic E-state index is -0.635. The smallest absolute Gasteiger partial charge is 0.141 e. The fourth-order valence-corrected chi connectivity index (χ4v) is 3.25. The van der Waals surface area contributed by atoms with Crippen LogP contribution < -0.4 is 0 Å². The molecule has 80 valence electrons. The molecule has 2 unspecified atom stereocenters. The summed E-state index contributed by atoms with van der Waals surface area (Å²) in [5.74, 6) is 0.900. The third-order valence-corrected chi connectivity index (χ3v) is 3.99. The first-order valence-electron chi connectivity index (χ1n) is 5.79. The molecule has 0 amide bonds. The van der Waals surface area contributed by atoms with Crippen molar-refractivity contribution in [3.63, 3.8) is 0 Å². The highest BCUT2D eigenvalue weighted by Crippen LogP contribution is 2.49. The molecule has 0 aromatic carbocycles. The van der Waals surface area contributed by atoms with Crippen molar-refractivity contribution in [2.24, 2.45) is 17.8 Å². The topological polar surface area (TPSA) is 37.3 Å². The first-order valence-corrected chi connectivity index (χ1v) is 5.79. The molecule has 2 aliphatic rings. The van der Waals surface area contributed by atoms with Gasteiger partial charge in [0.2, 0.25) is 0 Å². The minimum absolute atomic E-state index is 0.0602. The molecule has 0 saturated heterocycles. The molecule has 2 saturated carbocycles. The minimum Gasteiger partial charge on any atom is -0.389 e. The zero-order chi connectivity index (χ0) is 10.3. The highest BCUT2D eigenvalue weighted by Gasteiger charge is 2.51. The lowest BCUT2D eigenvalue weighted by molar-refractivity contribution is -0.133. The Morgan fingerprint density at radius 3 is 2.79 bits per heavy atom. The van der Waals surface area contributed by atoms with Gasteiger partial charge in [0.1, 0.15) is 5.78 Å². The van der Waals surface area contributed by atoms with Crippen molar-refractivity contribution in [1.29, 1.82) is 0 Å². The summed E-state index contributed by atoms with van der Waals surface area (Å²) in [7, 11) is 0. The van der Waals surface area contributed by atoms with E-state index >= 15 is 0 Å². The van der Waals surface area contributed by atoms with Gasteiger partial charge in [0.05, 0.1) is 5.60 Å². The molecule has 14 heavy (non-hydrogen) atoms. The molecular formula is C12H20O2. The van der Waals surface area contributed by atoms with Crippen LogP contribution in [0.4, 0.5) is 0 Å². The number of carbonyl (C=O) groups is 1. The Morgan fingerprint density at radius 2 is 2.21 bits per heavy atom. The largest absolute Gasteiger partial charge is 0.389 e. The van der Waals surface area contributed by atoms with Crippen LogP contribution in [0, 0.1) is 17.8 Å². The Morgan fingerprint density at radius 1 is 1.50 bits per heavy atom. The van der Waals surface area contributed by atoms with Gasteiger partial charge in [0.25, 0.3) is 0 Å². The number of fused-ring (bicyclic) bond motifs is 2. The first kappa shape index (κ1) is 10.2. The molecule has 2 fully saturated rings. The number of aliphatic hydroxyl groups is 1. The van der Waals surface area contributed by atoms with Crippen LogP contribution in [0.2, 0.25) is 0 Å². The fourth-order valence-electron chi connectivity index (χ4n) is 3.25. The summed E-state index contributed by atoms with van der Waals surface area (Å²) in [6.07, 6.45) is 4.96. The molecule has 2 bridgehead atoms. The van der Waals surface area contributed by atoms with Gasteiger partial charge in [-0.25, -0.2) is 0 Å². The van der Waals surface area contributed by atoms with E-state index in [0.717, 1.165) is 25.7 Å².